The van der Waals surface area contributed by atoms with Gasteiger partial charge in [0.1, 0.15) is 17.8 Å². The number of H-pyrrole nitrogens is 1. The fourth-order valence-electron chi connectivity index (χ4n) is 1.27. The number of aromatic amines is 1. The fraction of sp³-hybridized carbons (Fsp3) is 0.333. The first-order valence-electron chi connectivity index (χ1n) is 4.99. The molecule has 0 fully saturated rings. The average Bonchev–Trinajstić information content (AvgIpc) is 2.81. The van der Waals surface area contributed by atoms with Crippen molar-refractivity contribution in [1.29, 1.82) is 0 Å². The minimum Gasteiger partial charge on any atom is -0.344 e. The maximum Gasteiger partial charge on any atom is 0.433 e. The van der Waals surface area contributed by atoms with Crippen LogP contribution in [0.25, 0.3) is 0 Å². The highest BCUT2D eigenvalue weighted by Crippen LogP contribution is 2.27. The summed E-state index contributed by atoms with van der Waals surface area (Å²) in [5, 5.41) is 8.95. The second-order valence-corrected chi connectivity index (χ2v) is 3.50. The molecule has 1 atom stereocenters. The minimum absolute atomic E-state index is 0.117. The van der Waals surface area contributed by atoms with Crippen LogP contribution in [0.3, 0.4) is 0 Å². The number of hydrogen-bond acceptors (Lipinski definition) is 5. The lowest BCUT2D eigenvalue weighted by Crippen LogP contribution is -2.14. The first-order valence-corrected chi connectivity index (χ1v) is 4.99. The van der Waals surface area contributed by atoms with Crippen molar-refractivity contribution in [3.05, 3.63) is 30.1 Å². The van der Waals surface area contributed by atoms with Gasteiger partial charge in [0.25, 0.3) is 0 Å². The van der Waals surface area contributed by atoms with Gasteiger partial charge >= 0.3 is 6.18 Å². The van der Waals surface area contributed by atoms with E-state index in [1.54, 1.807) is 6.92 Å². The highest BCUT2D eigenvalue weighted by molar-refractivity contribution is 5.28. The molecule has 2 aromatic heterocycles. The molecule has 18 heavy (non-hydrogen) atoms. The lowest BCUT2D eigenvalue weighted by Gasteiger charge is -2.12. The van der Waals surface area contributed by atoms with Gasteiger partial charge in [0.2, 0.25) is 5.95 Å². The summed E-state index contributed by atoms with van der Waals surface area (Å²) >= 11 is 0. The topological polar surface area (TPSA) is 79.4 Å². The van der Waals surface area contributed by atoms with Crippen LogP contribution in [0.4, 0.5) is 19.1 Å². The van der Waals surface area contributed by atoms with Gasteiger partial charge in [-0.2, -0.15) is 18.3 Å². The zero-order valence-corrected chi connectivity index (χ0v) is 9.23. The minimum atomic E-state index is -4.49. The van der Waals surface area contributed by atoms with E-state index in [1.807, 2.05) is 0 Å². The highest BCUT2D eigenvalue weighted by Gasteiger charge is 2.32. The van der Waals surface area contributed by atoms with Crippen LogP contribution < -0.4 is 5.32 Å². The van der Waals surface area contributed by atoms with Gasteiger partial charge in [-0.15, -0.1) is 0 Å². The van der Waals surface area contributed by atoms with E-state index in [9.17, 15) is 13.2 Å². The summed E-state index contributed by atoms with van der Waals surface area (Å²) in [7, 11) is 0. The van der Waals surface area contributed by atoms with Gasteiger partial charge in [-0.3, -0.25) is 5.10 Å². The Labute approximate surface area is 99.7 Å². The Kier molecular flexibility index (Phi) is 3.13. The Morgan fingerprint density at radius 3 is 2.72 bits per heavy atom. The van der Waals surface area contributed by atoms with Crippen LogP contribution in [-0.4, -0.2) is 25.1 Å². The van der Waals surface area contributed by atoms with Gasteiger partial charge in [-0.1, -0.05) is 0 Å². The Hall–Kier alpha value is -2.19. The van der Waals surface area contributed by atoms with Crippen molar-refractivity contribution in [2.45, 2.75) is 19.1 Å². The third-order valence-electron chi connectivity index (χ3n) is 2.14. The summed E-state index contributed by atoms with van der Waals surface area (Å²) in [4.78, 5) is 11.0. The molecular weight excluding hydrogens is 249 g/mol. The molecule has 0 radical (unpaired) electrons. The lowest BCUT2D eigenvalue weighted by molar-refractivity contribution is -0.141. The molecule has 0 saturated heterocycles. The summed E-state index contributed by atoms with van der Waals surface area (Å²) in [5.41, 5.74) is -0.996. The number of nitrogens with zero attached hydrogens (tertiary/aromatic N) is 4. The molecule has 0 amide bonds. The zero-order valence-electron chi connectivity index (χ0n) is 9.23. The first kappa shape index (κ1) is 12.3. The van der Waals surface area contributed by atoms with Gasteiger partial charge in [-0.25, -0.2) is 15.0 Å². The highest BCUT2D eigenvalue weighted by atomic mass is 19.4. The lowest BCUT2D eigenvalue weighted by atomic mass is 10.3. The van der Waals surface area contributed by atoms with E-state index in [0.29, 0.717) is 5.82 Å². The largest absolute Gasteiger partial charge is 0.433 e. The molecule has 0 aliphatic carbocycles. The third kappa shape index (κ3) is 2.73. The summed E-state index contributed by atoms with van der Waals surface area (Å²) in [5.74, 6) is 0.365. The Morgan fingerprint density at radius 1 is 1.33 bits per heavy atom. The van der Waals surface area contributed by atoms with E-state index in [1.165, 1.54) is 6.33 Å². The molecule has 0 aliphatic heterocycles. The fourth-order valence-corrected chi connectivity index (χ4v) is 1.27. The predicted octanol–water partition coefficient (Wildman–Crippen LogP) is 1.79. The molecule has 2 rings (SSSR count). The van der Waals surface area contributed by atoms with Crippen molar-refractivity contribution in [3.63, 3.8) is 0 Å². The first-order chi connectivity index (χ1) is 8.47. The van der Waals surface area contributed by atoms with Gasteiger partial charge in [0.05, 0.1) is 6.04 Å². The summed E-state index contributed by atoms with van der Waals surface area (Å²) in [6, 6.07) is 0.431. The molecule has 0 bridgehead atoms. The molecule has 2 aromatic rings. The summed E-state index contributed by atoms with van der Waals surface area (Å²) in [6.45, 7) is 1.70. The Balaban J connectivity index is 2.15. The number of anilines is 1. The maximum atomic E-state index is 12.4. The van der Waals surface area contributed by atoms with Gasteiger partial charge in [0.15, 0.2) is 0 Å². The molecule has 6 nitrogen and oxygen atoms in total. The van der Waals surface area contributed by atoms with Crippen LogP contribution in [0.5, 0.6) is 0 Å². The maximum absolute atomic E-state index is 12.4. The SMILES string of the molecule is CC(Nc1nccc(C(F)(F)F)n1)c1ncn[nH]1. The normalized spacial score (nSPS) is 13.3. The van der Waals surface area contributed by atoms with Gasteiger partial charge < -0.3 is 5.32 Å². The van der Waals surface area contributed by atoms with Crippen molar-refractivity contribution < 1.29 is 13.2 Å². The number of hydrogen-bond donors (Lipinski definition) is 2. The second kappa shape index (κ2) is 4.59. The van der Waals surface area contributed by atoms with Crippen molar-refractivity contribution in [2.75, 3.05) is 5.32 Å². The third-order valence-corrected chi connectivity index (χ3v) is 2.14. The smallest absolute Gasteiger partial charge is 0.344 e. The molecular formula is C9H9F3N6. The number of halogens is 3. The monoisotopic (exact) mass is 258 g/mol. The van der Waals surface area contributed by atoms with E-state index in [2.05, 4.69) is 30.5 Å². The van der Waals surface area contributed by atoms with Crippen LogP contribution in [0.2, 0.25) is 0 Å². The van der Waals surface area contributed by atoms with Crippen molar-refractivity contribution in [2.24, 2.45) is 0 Å². The summed E-state index contributed by atoms with van der Waals surface area (Å²) < 4.78 is 37.3. The molecule has 2 heterocycles. The molecule has 96 valence electrons. The number of nitrogens with one attached hydrogen (secondary N) is 2. The number of alkyl halides is 3. The van der Waals surface area contributed by atoms with Crippen LogP contribution in [0.1, 0.15) is 24.5 Å². The van der Waals surface area contributed by atoms with E-state index in [4.69, 9.17) is 0 Å². The number of rotatable bonds is 3. The van der Waals surface area contributed by atoms with Crippen molar-refractivity contribution in [3.8, 4) is 0 Å². The van der Waals surface area contributed by atoms with E-state index in [-0.39, 0.29) is 12.0 Å². The molecule has 9 heteroatoms. The second-order valence-electron chi connectivity index (χ2n) is 3.50. The van der Waals surface area contributed by atoms with Gasteiger partial charge in [0, 0.05) is 6.20 Å². The van der Waals surface area contributed by atoms with E-state index < -0.39 is 11.9 Å². The van der Waals surface area contributed by atoms with Crippen LogP contribution in [-0.2, 0) is 6.18 Å². The molecule has 0 aliphatic rings. The molecule has 0 saturated carbocycles. The molecule has 2 N–H and O–H groups in total. The van der Waals surface area contributed by atoms with Gasteiger partial charge in [-0.05, 0) is 13.0 Å². The molecule has 1 unspecified atom stereocenters. The van der Waals surface area contributed by atoms with Crippen LogP contribution in [0.15, 0.2) is 18.6 Å². The van der Waals surface area contributed by atoms with Crippen molar-refractivity contribution >= 4 is 5.95 Å². The van der Waals surface area contributed by atoms with E-state index in [0.717, 1.165) is 12.3 Å². The van der Waals surface area contributed by atoms with Crippen LogP contribution in [0, 0.1) is 0 Å². The van der Waals surface area contributed by atoms with Crippen molar-refractivity contribution in [1.82, 2.24) is 25.1 Å². The summed E-state index contributed by atoms with van der Waals surface area (Å²) in [6.07, 6.45) is -2.14. The Bertz CT molecular complexity index is 509. The number of aromatic nitrogens is 5. The molecule has 0 aromatic carbocycles. The Morgan fingerprint density at radius 2 is 2.11 bits per heavy atom. The zero-order chi connectivity index (χ0) is 13.2. The standard InChI is InChI=1S/C9H9F3N6/c1-5(7-14-4-15-18-7)16-8-13-3-2-6(17-8)9(10,11)12/h2-5H,1H3,(H,13,16,17)(H,14,15,18). The molecule has 0 spiro atoms. The average molecular weight is 258 g/mol. The van der Waals surface area contributed by atoms with E-state index >= 15 is 0 Å². The predicted molar refractivity (Wildman–Crippen MR) is 55.5 cm³/mol. The van der Waals surface area contributed by atoms with Crippen LogP contribution >= 0.6 is 0 Å². The quantitative estimate of drug-likeness (QED) is 0.877.